The molecule has 1 atom stereocenters. The maximum atomic E-state index is 13.5. The minimum absolute atomic E-state index is 0.0112. The molecule has 21 heavy (non-hydrogen) atoms. The van der Waals surface area contributed by atoms with Gasteiger partial charge in [-0.3, -0.25) is 4.98 Å². The molecule has 0 spiro atoms. The van der Waals surface area contributed by atoms with Crippen molar-refractivity contribution in [3.63, 3.8) is 0 Å². The number of aromatic nitrogens is 1. The zero-order valence-electron chi connectivity index (χ0n) is 12.1. The second-order valence-electron chi connectivity index (χ2n) is 5.18. The largest absolute Gasteiger partial charge is 0.309 e. The molecule has 1 unspecified atom stereocenters. The molecule has 3 rings (SSSR count). The molecular formula is C18H17FN2. The van der Waals surface area contributed by atoms with E-state index in [9.17, 15) is 4.39 Å². The highest BCUT2D eigenvalue weighted by molar-refractivity contribution is 5.85. The molecule has 3 heteroatoms. The van der Waals surface area contributed by atoms with Crippen molar-refractivity contribution >= 4 is 10.8 Å². The number of nitrogens with one attached hydrogen (secondary N) is 1. The monoisotopic (exact) mass is 280 g/mol. The first kappa shape index (κ1) is 13.7. The number of pyridine rings is 1. The van der Waals surface area contributed by atoms with Crippen LogP contribution in [0.5, 0.6) is 0 Å². The summed E-state index contributed by atoms with van der Waals surface area (Å²) in [6.07, 6.45) is 3.74. The first-order chi connectivity index (χ1) is 10.2. The average molecular weight is 280 g/mol. The minimum Gasteiger partial charge on any atom is -0.309 e. The molecule has 0 aliphatic carbocycles. The average Bonchev–Trinajstić information content (AvgIpc) is 2.52. The summed E-state index contributed by atoms with van der Waals surface area (Å²) in [6.45, 7) is 1.78. The molecule has 0 aliphatic rings. The van der Waals surface area contributed by atoms with Gasteiger partial charge in [0.25, 0.3) is 0 Å². The highest BCUT2D eigenvalue weighted by atomic mass is 19.1. The predicted octanol–water partition coefficient (Wildman–Crippen LogP) is 3.99. The Hall–Kier alpha value is -2.26. The molecule has 0 aliphatic heterocycles. The summed E-state index contributed by atoms with van der Waals surface area (Å²) in [6, 6.07) is 13.4. The van der Waals surface area contributed by atoms with Crippen LogP contribution in [0.15, 0.2) is 54.9 Å². The van der Waals surface area contributed by atoms with Crippen LogP contribution in [0.1, 0.15) is 22.7 Å². The van der Waals surface area contributed by atoms with Gasteiger partial charge in [0.2, 0.25) is 0 Å². The van der Waals surface area contributed by atoms with E-state index in [-0.39, 0.29) is 11.9 Å². The van der Waals surface area contributed by atoms with Gasteiger partial charge in [0.05, 0.1) is 6.04 Å². The van der Waals surface area contributed by atoms with Crippen molar-refractivity contribution in [2.45, 2.75) is 13.0 Å². The number of rotatable bonds is 3. The molecule has 1 heterocycles. The Morgan fingerprint density at radius 2 is 1.90 bits per heavy atom. The lowest BCUT2D eigenvalue weighted by molar-refractivity contribution is 0.614. The molecule has 0 saturated heterocycles. The molecule has 106 valence electrons. The second-order valence-corrected chi connectivity index (χ2v) is 5.18. The Kier molecular flexibility index (Phi) is 3.67. The van der Waals surface area contributed by atoms with Crippen LogP contribution in [0.4, 0.5) is 4.39 Å². The lowest BCUT2D eigenvalue weighted by Crippen LogP contribution is -2.18. The Morgan fingerprint density at radius 1 is 1.10 bits per heavy atom. The Morgan fingerprint density at radius 3 is 2.67 bits per heavy atom. The van der Waals surface area contributed by atoms with Crippen LogP contribution < -0.4 is 5.32 Å². The molecule has 0 saturated carbocycles. The summed E-state index contributed by atoms with van der Waals surface area (Å²) in [5, 5.41) is 5.58. The van der Waals surface area contributed by atoms with Gasteiger partial charge in [-0.05, 0) is 42.1 Å². The van der Waals surface area contributed by atoms with Crippen molar-refractivity contribution in [2.75, 3.05) is 7.05 Å². The summed E-state index contributed by atoms with van der Waals surface area (Å²) < 4.78 is 13.5. The van der Waals surface area contributed by atoms with Gasteiger partial charge in [0.1, 0.15) is 5.82 Å². The van der Waals surface area contributed by atoms with Gasteiger partial charge in [0.15, 0.2) is 0 Å². The Balaban J connectivity index is 2.16. The molecule has 1 N–H and O–H groups in total. The van der Waals surface area contributed by atoms with Crippen LogP contribution in [0.3, 0.4) is 0 Å². The first-order valence-corrected chi connectivity index (χ1v) is 6.96. The van der Waals surface area contributed by atoms with Gasteiger partial charge in [0, 0.05) is 17.8 Å². The molecular weight excluding hydrogens is 263 g/mol. The van der Waals surface area contributed by atoms with Gasteiger partial charge in [-0.25, -0.2) is 4.39 Å². The first-order valence-electron chi connectivity index (χ1n) is 6.96. The predicted molar refractivity (Wildman–Crippen MR) is 83.8 cm³/mol. The molecule has 1 aromatic heterocycles. The number of hydrogen-bond acceptors (Lipinski definition) is 2. The SMILES string of the molecule is CNC(c1ccc(F)c(C)c1)c1cncc2ccccc12. The third kappa shape index (κ3) is 2.52. The summed E-state index contributed by atoms with van der Waals surface area (Å²) in [5.41, 5.74) is 2.79. The highest BCUT2D eigenvalue weighted by Crippen LogP contribution is 2.28. The molecule has 0 amide bonds. The lowest BCUT2D eigenvalue weighted by Gasteiger charge is -2.19. The molecule has 0 bridgehead atoms. The molecule has 2 aromatic carbocycles. The second kappa shape index (κ2) is 5.62. The lowest BCUT2D eigenvalue weighted by atomic mass is 9.95. The summed E-state index contributed by atoms with van der Waals surface area (Å²) >= 11 is 0. The maximum Gasteiger partial charge on any atom is 0.126 e. The third-order valence-corrected chi connectivity index (χ3v) is 3.81. The van der Waals surface area contributed by atoms with E-state index in [2.05, 4.69) is 22.4 Å². The van der Waals surface area contributed by atoms with E-state index >= 15 is 0 Å². The quantitative estimate of drug-likeness (QED) is 0.784. The van der Waals surface area contributed by atoms with Crippen molar-refractivity contribution in [1.82, 2.24) is 10.3 Å². The number of nitrogens with zero attached hydrogens (tertiary/aromatic N) is 1. The minimum atomic E-state index is -0.176. The summed E-state index contributed by atoms with van der Waals surface area (Å²) in [4.78, 5) is 4.33. The van der Waals surface area contributed by atoms with Gasteiger partial charge in [-0.2, -0.15) is 0 Å². The number of aryl methyl sites for hydroxylation is 1. The van der Waals surface area contributed by atoms with Gasteiger partial charge < -0.3 is 5.32 Å². The van der Waals surface area contributed by atoms with Crippen molar-refractivity contribution in [3.05, 3.63) is 77.4 Å². The molecule has 0 fully saturated rings. The smallest absolute Gasteiger partial charge is 0.126 e. The fourth-order valence-electron chi connectivity index (χ4n) is 2.72. The van der Waals surface area contributed by atoms with Gasteiger partial charge in [-0.1, -0.05) is 36.4 Å². The van der Waals surface area contributed by atoms with E-state index in [0.29, 0.717) is 5.56 Å². The van der Waals surface area contributed by atoms with E-state index < -0.39 is 0 Å². The fraction of sp³-hybridized carbons (Fsp3) is 0.167. The Labute approximate surface area is 123 Å². The van der Waals surface area contributed by atoms with E-state index in [0.717, 1.165) is 21.9 Å². The van der Waals surface area contributed by atoms with Crippen molar-refractivity contribution in [3.8, 4) is 0 Å². The fourth-order valence-corrected chi connectivity index (χ4v) is 2.72. The van der Waals surface area contributed by atoms with Crippen molar-refractivity contribution in [2.24, 2.45) is 0 Å². The number of hydrogen-bond donors (Lipinski definition) is 1. The summed E-state index contributed by atoms with van der Waals surface area (Å²) in [5.74, 6) is -0.176. The highest BCUT2D eigenvalue weighted by Gasteiger charge is 2.16. The van der Waals surface area contributed by atoms with Gasteiger partial charge in [-0.15, -0.1) is 0 Å². The van der Waals surface area contributed by atoms with Crippen LogP contribution in [0.2, 0.25) is 0 Å². The van der Waals surface area contributed by atoms with Crippen LogP contribution in [0.25, 0.3) is 10.8 Å². The number of fused-ring (bicyclic) bond motifs is 1. The zero-order valence-corrected chi connectivity index (χ0v) is 12.1. The zero-order chi connectivity index (χ0) is 14.8. The topological polar surface area (TPSA) is 24.9 Å². The van der Waals surface area contributed by atoms with Crippen molar-refractivity contribution in [1.29, 1.82) is 0 Å². The number of halogens is 1. The molecule has 3 aromatic rings. The van der Waals surface area contributed by atoms with Crippen LogP contribution in [-0.4, -0.2) is 12.0 Å². The van der Waals surface area contributed by atoms with Crippen LogP contribution in [-0.2, 0) is 0 Å². The standard InChI is InChI=1S/C18H17FN2/c1-12-9-13(7-8-17(12)19)18(20-2)16-11-21-10-14-5-3-4-6-15(14)16/h3-11,18,20H,1-2H3. The van der Waals surface area contributed by atoms with Gasteiger partial charge >= 0.3 is 0 Å². The third-order valence-electron chi connectivity index (χ3n) is 3.81. The number of benzene rings is 2. The van der Waals surface area contributed by atoms with E-state index in [4.69, 9.17) is 0 Å². The molecule has 0 radical (unpaired) electrons. The normalized spacial score (nSPS) is 12.5. The van der Waals surface area contributed by atoms with E-state index in [1.807, 2.05) is 43.7 Å². The maximum absolute atomic E-state index is 13.5. The van der Waals surface area contributed by atoms with E-state index in [1.165, 1.54) is 6.07 Å². The van der Waals surface area contributed by atoms with Crippen LogP contribution in [0, 0.1) is 12.7 Å². The summed E-state index contributed by atoms with van der Waals surface area (Å²) in [7, 11) is 1.91. The molecule has 2 nitrogen and oxygen atoms in total. The Bertz CT molecular complexity index is 778. The van der Waals surface area contributed by atoms with Crippen LogP contribution >= 0.6 is 0 Å². The van der Waals surface area contributed by atoms with E-state index in [1.54, 1.807) is 6.92 Å². The van der Waals surface area contributed by atoms with Crippen molar-refractivity contribution < 1.29 is 4.39 Å².